The van der Waals surface area contributed by atoms with Gasteiger partial charge in [-0.25, -0.2) is 14.6 Å². The quantitative estimate of drug-likeness (QED) is 0.941. The van der Waals surface area contributed by atoms with E-state index < -0.39 is 12.1 Å². The SMILES string of the molecule is O=C(O)c1ccc2c(n1)CCN2C(=O)OCc1ccccc1. The van der Waals surface area contributed by atoms with Gasteiger partial charge in [-0.05, 0) is 17.7 Å². The number of carboxylic acids is 1. The zero-order chi connectivity index (χ0) is 15.5. The van der Waals surface area contributed by atoms with Crippen LogP contribution in [0.1, 0.15) is 21.7 Å². The lowest BCUT2D eigenvalue weighted by Gasteiger charge is -2.16. The fraction of sp³-hybridized carbons (Fsp3) is 0.188. The van der Waals surface area contributed by atoms with Crippen molar-refractivity contribution >= 4 is 17.7 Å². The molecule has 1 aromatic heterocycles. The third-order valence-electron chi connectivity index (χ3n) is 3.46. The summed E-state index contributed by atoms with van der Waals surface area (Å²) < 4.78 is 5.29. The first-order valence-corrected chi connectivity index (χ1v) is 6.86. The molecule has 0 saturated carbocycles. The molecule has 0 atom stereocenters. The van der Waals surface area contributed by atoms with Gasteiger partial charge in [0.15, 0.2) is 0 Å². The molecule has 1 N–H and O–H groups in total. The van der Waals surface area contributed by atoms with Gasteiger partial charge in [0.05, 0.1) is 11.4 Å². The van der Waals surface area contributed by atoms with Crippen LogP contribution in [0.4, 0.5) is 10.5 Å². The van der Waals surface area contributed by atoms with E-state index in [0.29, 0.717) is 24.3 Å². The molecule has 6 nitrogen and oxygen atoms in total. The molecule has 0 radical (unpaired) electrons. The third-order valence-corrected chi connectivity index (χ3v) is 3.46. The first-order valence-electron chi connectivity index (χ1n) is 6.86. The predicted molar refractivity (Wildman–Crippen MR) is 78.9 cm³/mol. The van der Waals surface area contributed by atoms with Crippen molar-refractivity contribution in [1.82, 2.24) is 4.98 Å². The van der Waals surface area contributed by atoms with Crippen molar-refractivity contribution in [2.45, 2.75) is 13.0 Å². The summed E-state index contributed by atoms with van der Waals surface area (Å²) >= 11 is 0. The van der Waals surface area contributed by atoms with Gasteiger partial charge >= 0.3 is 12.1 Å². The number of amides is 1. The fourth-order valence-corrected chi connectivity index (χ4v) is 2.37. The Labute approximate surface area is 127 Å². The van der Waals surface area contributed by atoms with Gasteiger partial charge in [0.1, 0.15) is 12.3 Å². The molecule has 1 aliphatic heterocycles. The van der Waals surface area contributed by atoms with E-state index in [-0.39, 0.29) is 12.3 Å². The van der Waals surface area contributed by atoms with E-state index >= 15 is 0 Å². The van der Waals surface area contributed by atoms with Crippen LogP contribution in [0, 0.1) is 0 Å². The van der Waals surface area contributed by atoms with E-state index in [1.54, 1.807) is 6.07 Å². The van der Waals surface area contributed by atoms with Crippen molar-refractivity contribution in [3.63, 3.8) is 0 Å². The lowest BCUT2D eigenvalue weighted by atomic mass is 10.2. The molecule has 2 heterocycles. The number of rotatable bonds is 3. The van der Waals surface area contributed by atoms with Gasteiger partial charge in [0.25, 0.3) is 0 Å². The third kappa shape index (κ3) is 2.76. The molecule has 2 aromatic rings. The number of ether oxygens (including phenoxy) is 1. The number of benzene rings is 1. The maximum absolute atomic E-state index is 12.2. The zero-order valence-electron chi connectivity index (χ0n) is 11.7. The minimum Gasteiger partial charge on any atom is -0.477 e. The maximum atomic E-state index is 12.2. The topological polar surface area (TPSA) is 79.7 Å². The monoisotopic (exact) mass is 298 g/mol. The molecular formula is C16H14N2O4. The highest BCUT2D eigenvalue weighted by atomic mass is 16.6. The number of aromatic carboxylic acids is 1. The highest BCUT2D eigenvalue weighted by molar-refractivity contribution is 5.91. The number of aromatic nitrogens is 1. The number of carboxylic acid groups (broad SMARTS) is 1. The molecule has 112 valence electrons. The summed E-state index contributed by atoms with van der Waals surface area (Å²) in [5.41, 5.74) is 2.12. The highest BCUT2D eigenvalue weighted by Crippen LogP contribution is 2.27. The van der Waals surface area contributed by atoms with Crippen molar-refractivity contribution in [1.29, 1.82) is 0 Å². The van der Waals surface area contributed by atoms with Gasteiger partial charge in [0, 0.05) is 13.0 Å². The summed E-state index contributed by atoms with van der Waals surface area (Å²) in [5.74, 6) is -1.08. The van der Waals surface area contributed by atoms with Crippen LogP contribution in [0.25, 0.3) is 0 Å². The minimum atomic E-state index is -1.08. The molecule has 1 aliphatic rings. The van der Waals surface area contributed by atoms with Gasteiger partial charge < -0.3 is 9.84 Å². The second kappa shape index (κ2) is 5.85. The Bertz CT molecular complexity index is 715. The summed E-state index contributed by atoms with van der Waals surface area (Å²) in [6.45, 7) is 0.644. The number of carbonyl (C=O) groups is 2. The van der Waals surface area contributed by atoms with Crippen LogP contribution in [-0.2, 0) is 17.8 Å². The molecule has 6 heteroatoms. The van der Waals surface area contributed by atoms with Gasteiger partial charge in [-0.15, -0.1) is 0 Å². The van der Waals surface area contributed by atoms with E-state index in [2.05, 4.69) is 4.98 Å². The van der Waals surface area contributed by atoms with E-state index in [0.717, 1.165) is 5.56 Å². The highest BCUT2D eigenvalue weighted by Gasteiger charge is 2.27. The summed E-state index contributed by atoms with van der Waals surface area (Å²) in [4.78, 5) is 28.6. The maximum Gasteiger partial charge on any atom is 0.414 e. The Kier molecular flexibility index (Phi) is 3.74. The second-order valence-corrected chi connectivity index (χ2v) is 4.91. The Morgan fingerprint density at radius 3 is 2.68 bits per heavy atom. The minimum absolute atomic E-state index is 0.0155. The van der Waals surface area contributed by atoms with Gasteiger partial charge in [-0.3, -0.25) is 4.90 Å². The van der Waals surface area contributed by atoms with Crippen molar-refractivity contribution < 1.29 is 19.4 Å². The number of carbonyl (C=O) groups excluding carboxylic acids is 1. The zero-order valence-corrected chi connectivity index (χ0v) is 11.7. The average Bonchev–Trinajstić information content (AvgIpc) is 2.96. The van der Waals surface area contributed by atoms with Crippen molar-refractivity contribution in [2.24, 2.45) is 0 Å². The van der Waals surface area contributed by atoms with Crippen LogP contribution in [0.3, 0.4) is 0 Å². The van der Waals surface area contributed by atoms with Gasteiger partial charge in [-0.1, -0.05) is 30.3 Å². The molecule has 22 heavy (non-hydrogen) atoms. The number of nitrogens with zero attached hydrogens (tertiary/aromatic N) is 2. The van der Waals surface area contributed by atoms with Gasteiger partial charge in [-0.2, -0.15) is 0 Å². The molecule has 0 saturated heterocycles. The lowest BCUT2D eigenvalue weighted by molar-refractivity contribution is 0.0690. The standard InChI is InChI=1S/C16H14N2O4/c19-15(20)13-6-7-14-12(17-13)8-9-18(14)16(21)22-10-11-4-2-1-3-5-11/h1-7H,8-10H2,(H,19,20). The van der Waals surface area contributed by atoms with E-state index in [1.807, 2.05) is 30.3 Å². The van der Waals surface area contributed by atoms with Crippen molar-refractivity contribution in [3.8, 4) is 0 Å². The first-order chi connectivity index (χ1) is 10.6. The van der Waals surface area contributed by atoms with Crippen LogP contribution in [-0.4, -0.2) is 28.7 Å². The number of hydrogen-bond acceptors (Lipinski definition) is 4. The largest absolute Gasteiger partial charge is 0.477 e. The Morgan fingerprint density at radius 1 is 1.18 bits per heavy atom. The lowest BCUT2D eigenvalue weighted by Crippen LogP contribution is -2.29. The smallest absolute Gasteiger partial charge is 0.414 e. The Balaban J connectivity index is 1.70. The van der Waals surface area contributed by atoms with E-state index in [4.69, 9.17) is 9.84 Å². The normalized spacial score (nSPS) is 12.8. The summed E-state index contributed by atoms with van der Waals surface area (Å²) in [5, 5.41) is 8.93. The van der Waals surface area contributed by atoms with Crippen LogP contribution < -0.4 is 4.90 Å². The number of fused-ring (bicyclic) bond motifs is 1. The Morgan fingerprint density at radius 2 is 1.95 bits per heavy atom. The molecule has 0 spiro atoms. The van der Waals surface area contributed by atoms with Gasteiger partial charge in [0.2, 0.25) is 0 Å². The molecule has 0 aliphatic carbocycles. The molecule has 0 fully saturated rings. The van der Waals surface area contributed by atoms with E-state index in [1.165, 1.54) is 11.0 Å². The molecule has 3 rings (SSSR count). The summed E-state index contributed by atoms with van der Waals surface area (Å²) in [6.07, 6.45) is 0.0733. The van der Waals surface area contributed by atoms with Crippen LogP contribution in [0.2, 0.25) is 0 Å². The second-order valence-electron chi connectivity index (χ2n) is 4.91. The molecule has 1 aromatic carbocycles. The Hall–Kier alpha value is -2.89. The predicted octanol–water partition coefficient (Wildman–Crippen LogP) is 2.48. The van der Waals surface area contributed by atoms with Crippen LogP contribution >= 0.6 is 0 Å². The summed E-state index contributed by atoms with van der Waals surface area (Å²) in [7, 11) is 0. The summed E-state index contributed by atoms with van der Waals surface area (Å²) in [6, 6.07) is 12.4. The first kappa shape index (κ1) is 14.1. The molecule has 1 amide bonds. The van der Waals surface area contributed by atoms with Crippen LogP contribution in [0.15, 0.2) is 42.5 Å². The number of anilines is 1. The molecule has 0 unspecified atom stereocenters. The fourth-order valence-electron chi connectivity index (χ4n) is 2.37. The molecular weight excluding hydrogens is 284 g/mol. The van der Waals surface area contributed by atoms with Crippen molar-refractivity contribution in [2.75, 3.05) is 11.4 Å². The average molecular weight is 298 g/mol. The van der Waals surface area contributed by atoms with Crippen molar-refractivity contribution in [3.05, 3.63) is 59.4 Å². The van der Waals surface area contributed by atoms with Crippen LogP contribution in [0.5, 0.6) is 0 Å². The van der Waals surface area contributed by atoms with E-state index in [9.17, 15) is 9.59 Å². The molecule has 0 bridgehead atoms. The number of pyridine rings is 1. The number of hydrogen-bond donors (Lipinski definition) is 1.